The third-order valence-electron chi connectivity index (χ3n) is 10.7. The summed E-state index contributed by atoms with van der Waals surface area (Å²) >= 11 is 1.54. The first-order valence-electron chi connectivity index (χ1n) is 14.9. The molecule has 3 saturated carbocycles. The molecule has 0 heterocycles. The summed E-state index contributed by atoms with van der Waals surface area (Å²) in [6, 6.07) is 18.4. The highest BCUT2D eigenvalue weighted by Crippen LogP contribution is 2.70. The summed E-state index contributed by atoms with van der Waals surface area (Å²) in [5, 5.41) is 20.8. The minimum atomic E-state index is -2.10. The van der Waals surface area contributed by atoms with Crippen LogP contribution in [-0.4, -0.2) is 46.8 Å². The Kier molecular flexibility index (Phi) is 7.58. The molecule has 0 radical (unpaired) electrons. The van der Waals surface area contributed by atoms with E-state index in [0.717, 1.165) is 9.79 Å². The molecule has 0 amide bonds. The molecule has 7 nitrogen and oxygen atoms in total. The Bertz CT molecular complexity index is 1600. The Balaban J connectivity index is 1.32. The number of benzene rings is 2. The first kappa shape index (κ1) is 30.3. The fraction of sp³-hybridized carbons (Fsp3) is 0.429. The molecule has 0 aromatic heterocycles. The van der Waals surface area contributed by atoms with Crippen LogP contribution in [0.5, 0.6) is 0 Å². The third-order valence-corrected chi connectivity index (χ3v) is 11.7. The van der Waals surface area contributed by atoms with Crippen LogP contribution in [0.1, 0.15) is 56.3 Å². The number of hydrogen-bond acceptors (Lipinski definition) is 8. The molecular weight excluding hydrogens is 581 g/mol. The molecule has 4 aliphatic rings. The van der Waals surface area contributed by atoms with Gasteiger partial charge in [0.25, 0.3) is 0 Å². The van der Waals surface area contributed by atoms with Crippen LogP contribution < -0.4 is 0 Å². The average molecular weight is 616 g/mol. The van der Waals surface area contributed by atoms with Crippen LogP contribution in [-0.2, 0) is 19.1 Å². The fourth-order valence-corrected chi connectivity index (χ4v) is 9.30. The number of halogens is 1. The van der Waals surface area contributed by atoms with Gasteiger partial charge >= 0.3 is 11.9 Å². The molecule has 2 aromatic carbocycles. The summed E-state index contributed by atoms with van der Waals surface area (Å²) in [5.74, 6) is -2.91. The number of hydrogen-bond donors (Lipinski definition) is 1. The van der Waals surface area contributed by atoms with Crippen molar-refractivity contribution >= 4 is 29.5 Å². The molecule has 6 rings (SSSR count). The summed E-state index contributed by atoms with van der Waals surface area (Å²) in [4.78, 5) is 41.6. The number of nitriles is 1. The Hall–Kier alpha value is -3.74. The number of ether oxygens (including phenoxy) is 2. The Morgan fingerprint density at radius 2 is 1.77 bits per heavy atom. The number of aliphatic hydroxyl groups excluding tert-OH is 1. The van der Waals surface area contributed by atoms with Crippen molar-refractivity contribution < 1.29 is 33.4 Å². The van der Waals surface area contributed by atoms with Crippen LogP contribution >= 0.6 is 11.8 Å². The number of carbonyl (C=O) groups excluding carboxylic acids is 3. The number of allylic oxidation sites excluding steroid dienone is 4. The van der Waals surface area contributed by atoms with Gasteiger partial charge in [-0.1, -0.05) is 48.5 Å². The molecule has 228 valence electrons. The smallest absolute Gasteiger partial charge is 0.352 e. The van der Waals surface area contributed by atoms with Crippen molar-refractivity contribution in [3.05, 3.63) is 84.0 Å². The van der Waals surface area contributed by atoms with E-state index in [9.17, 15) is 19.5 Å². The van der Waals surface area contributed by atoms with Gasteiger partial charge in [0.05, 0.1) is 11.7 Å². The lowest BCUT2D eigenvalue weighted by atomic mass is 9.45. The minimum absolute atomic E-state index is 0.0686. The fourth-order valence-electron chi connectivity index (χ4n) is 8.46. The predicted octanol–water partition coefficient (Wildman–Crippen LogP) is 6.17. The van der Waals surface area contributed by atoms with Crippen LogP contribution in [0.3, 0.4) is 0 Å². The van der Waals surface area contributed by atoms with E-state index in [0.29, 0.717) is 24.8 Å². The number of rotatable bonds is 6. The molecule has 0 spiro atoms. The maximum atomic E-state index is 17.5. The van der Waals surface area contributed by atoms with E-state index in [1.54, 1.807) is 50.3 Å². The van der Waals surface area contributed by atoms with Gasteiger partial charge < -0.3 is 14.6 Å². The SMILES string of the molecule is C[C@]12C=CC(=O)C=C1CC[C@H]1[C@@H]3CC[C@@](OC(=O)c4ccc(Sc5ccccc5)cc4)(C(=O)OCC#N)[C@@]3(C)C[C@H](O)C12F. The Labute approximate surface area is 260 Å². The molecule has 9 heteroatoms. The third kappa shape index (κ3) is 4.45. The lowest BCUT2D eigenvalue weighted by Crippen LogP contribution is -2.69. The maximum Gasteiger partial charge on any atom is 0.352 e. The largest absolute Gasteiger partial charge is 0.447 e. The van der Waals surface area contributed by atoms with Gasteiger partial charge in [0, 0.05) is 26.5 Å². The first-order valence-corrected chi connectivity index (χ1v) is 15.7. The molecular formula is C35H34FNO6S. The van der Waals surface area contributed by atoms with Gasteiger partial charge in [-0.05, 0) is 93.5 Å². The number of alkyl halides is 1. The second-order valence-electron chi connectivity index (χ2n) is 12.7. The van der Waals surface area contributed by atoms with E-state index in [1.165, 1.54) is 23.9 Å². The highest BCUT2D eigenvalue weighted by molar-refractivity contribution is 7.99. The minimum Gasteiger partial charge on any atom is -0.447 e. The Morgan fingerprint density at radius 3 is 2.48 bits per heavy atom. The normalized spacial score (nSPS) is 35.4. The van der Waals surface area contributed by atoms with Crippen molar-refractivity contribution in [3.8, 4) is 6.07 Å². The second-order valence-corrected chi connectivity index (χ2v) is 13.8. The van der Waals surface area contributed by atoms with E-state index in [1.807, 2.05) is 30.3 Å². The van der Waals surface area contributed by atoms with E-state index < -0.39 is 58.6 Å². The monoisotopic (exact) mass is 615 g/mol. The van der Waals surface area contributed by atoms with E-state index in [4.69, 9.17) is 14.7 Å². The molecule has 7 atom stereocenters. The number of carbonyl (C=O) groups is 3. The van der Waals surface area contributed by atoms with Crippen LogP contribution in [0.4, 0.5) is 4.39 Å². The van der Waals surface area contributed by atoms with Crippen molar-refractivity contribution in [2.24, 2.45) is 22.7 Å². The number of fused-ring (bicyclic) bond motifs is 5. The maximum absolute atomic E-state index is 17.5. The van der Waals surface area contributed by atoms with Crippen molar-refractivity contribution in [2.45, 2.75) is 73.1 Å². The zero-order valence-corrected chi connectivity index (χ0v) is 25.4. The van der Waals surface area contributed by atoms with Crippen LogP contribution in [0.15, 0.2) is 88.2 Å². The molecule has 1 N–H and O–H groups in total. The van der Waals surface area contributed by atoms with Crippen molar-refractivity contribution in [2.75, 3.05) is 6.61 Å². The number of ketones is 1. The van der Waals surface area contributed by atoms with Gasteiger partial charge in [0.15, 0.2) is 18.1 Å². The highest BCUT2D eigenvalue weighted by atomic mass is 32.2. The summed E-state index contributed by atoms with van der Waals surface area (Å²) in [5.41, 5.74) is -5.40. The summed E-state index contributed by atoms with van der Waals surface area (Å²) < 4.78 is 29.0. The number of aliphatic hydroxyl groups is 1. The van der Waals surface area contributed by atoms with Crippen molar-refractivity contribution in [3.63, 3.8) is 0 Å². The van der Waals surface area contributed by atoms with E-state index >= 15 is 4.39 Å². The number of nitrogens with zero attached hydrogens (tertiary/aromatic N) is 1. The molecule has 0 bridgehead atoms. The number of esters is 2. The standard InChI is InChI=1S/C35H34FNO6S/c1-32-16-14-24(38)20-23(32)10-13-28-27-15-17-34(31(41)42-19-18-37,33(27,2)21-29(39)35(28,32)36)43-30(40)22-8-11-26(12-9-22)44-25-6-4-3-5-7-25/h3-9,11-12,14,16,20,27-29,39H,10,13,15,17,19,21H2,1-2H3/t27-,28-,29-,32-,33-,34+,35?/m0/s1. The molecule has 2 aromatic rings. The van der Waals surface area contributed by atoms with Crippen LogP contribution in [0.25, 0.3) is 0 Å². The van der Waals surface area contributed by atoms with E-state index in [2.05, 4.69) is 0 Å². The highest BCUT2D eigenvalue weighted by Gasteiger charge is 2.76. The molecule has 0 saturated heterocycles. The van der Waals surface area contributed by atoms with Gasteiger partial charge in [-0.3, -0.25) is 4.79 Å². The average Bonchev–Trinajstić information content (AvgIpc) is 3.29. The van der Waals surface area contributed by atoms with E-state index in [-0.39, 0.29) is 24.2 Å². The van der Waals surface area contributed by atoms with Gasteiger partial charge in [0.2, 0.25) is 5.60 Å². The zero-order chi connectivity index (χ0) is 31.3. The molecule has 3 fully saturated rings. The quantitative estimate of drug-likeness (QED) is 0.384. The topological polar surface area (TPSA) is 114 Å². The summed E-state index contributed by atoms with van der Waals surface area (Å²) in [6.07, 6.45) is 3.99. The van der Waals surface area contributed by atoms with Gasteiger partial charge in [-0.2, -0.15) is 5.26 Å². The molecule has 44 heavy (non-hydrogen) atoms. The van der Waals surface area contributed by atoms with Crippen LogP contribution in [0, 0.1) is 34.0 Å². The first-order chi connectivity index (χ1) is 21.0. The summed E-state index contributed by atoms with van der Waals surface area (Å²) in [7, 11) is 0. The van der Waals surface area contributed by atoms with Crippen LogP contribution in [0.2, 0.25) is 0 Å². The molecule has 4 aliphatic carbocycles. The van der Waals surface area contributed by atoms with Crippen molar-refractivity contribution in [1.82, 2.24) is 0 Å². The van der Waals surface area contributed by atoms with Gasteiger partial charge in [-0.15, -0.1) is 0 Å². The molecule has 1 unspecified atom stereocenters. The molecule has 0 aliphatic heterocycles. The Morgan fingerprint density at radius 1 is 1.07 bits per heavy atom. The van der Waals surface area contributed by atoms with Gasteiger partial charge in [0.1, 0.15) is 6.07 Å². The summed E-state index contributed by atoms with van der Waals surface area (Å²) in [6.45, 7) is 2.96. The predicted molar refractivity (Wildman–Crippen MR) is 160 cm³/mol. The second kappa shape index (κ2) is 11.0. The lowest BCUT2D eigenvalue weighted by Gasteiger charge is -2.62. The lowest BCUT2D eigenvalue weighted by molar-refractivity contribution is -0.224. The zero-order valence-electron chi connectivity index (χ0n) is 24.6. The van der Waals surface area contributed by atoms with Crippen molar-refractivity contribution in [1.29, 1.82) is 5.26 Å². The van der Waals surface area contributed by atoms with Gasteiger partial charge in [-0.25, -0.2) is 14.0 Å².